The molecule has 0 aliphatic carbocycles. The van der Waals surface area contributed by atoms with E-state index in [0.29, 0.717) is 27.6 Å². The monoisotopic (exact) mass is 244 g/mol. The first kappa shape index (κ1) is 12.6. The van der Waals surface area contributed by atoms with E-state index in [0.717, 1.165) is 0 Å². The van der Waals surface area contributed by atoms with E-state index < -0.39 is 5.97 Å². The van der Waals surface area contributed by atoms with Crippen molar-refractivity contribution in [1.29, 1.82) is 0 Å². The van der Waals surface area contributed by atoms with Gasteiger partial charge in [0.2, 0.25) is 0 Å². The number of methoxy groups -OCH3 is 2. The Morgan fingerprint density at radius 2 is 1.94 bits per heavy atom. The van der Waals surface area contributed by atoms with Crippen molar-refractivity contribution in [1.82, 2.24) is 0 Å². The van der Waals surface area contributed by atoms with E-state index in [9.17, 15) is 4.79 Å². The second kappa shape index (κ2) is 5.07. The SMILES string of the molecule is COc1c(Cl)cc(CC(=O)O)c(OC)c1C. The van der Waals surface area contributed by atoms with Gasteiger partial charge in [-0.15, -0.1) is 0 Å². The second-order valence-electron chi connectivity index (χ2n) is 3.28. The van der Waals surface area contributed by atoms with E-state index in [1.807, 2.05) is 0 Å². The van der Waals surface area contributed by atoms with Crippen molar-refractivity contribution < 1.29 is 19.4 Å². The molecule has 88 valence electrons. The van der Waals surface area contributed by atoms with Crippen LogP contribution in [0.25, 0.3) is 0 Å². The Morgan fingerprint density at radius 3 is 2.38 bits per heavy atom. The zero-order valence-corrected chi connectivity index (χ0v) is 10.1. The van der Waals surface area contributed by atoms with Crippen LogP contribution in [0.2, 0.25) is 5.02 Å². The molecule has 0 fully saturated rings. The van der Waals surface area contributed by atoms with Crippen LogP contribution in [0.15, 0.2) is 6.07 Å². The lowest BCUT2D eigenvalue weighted by Gasteiger charge is -2.15. The number of hydrogen-bond acceptors (Lipinski definition) is 3. The quantitative estimate of drug-likeness (QED) is 0.883. The third kappa shape index (κ3) is 2.39. The molecule has 0 heterocycles. The van der Waals surface area contributed by atoms with Gasteiger partial charge in [-0.25, -0.2) is 0 Å². The zero-order valence-electron chi connectivity index (χ0n) is 9.33. The van der Waals surface area contributed by atoms with E-state index in [4.69, 9.17) is 26.2 Å². The van der Waals surface area contributed by atoms with Gasteiger partial charge in [0, 0.05) is 11.1 Å². The summed E-state index contributed by atoms with van der Waals surface area (Å²) in [5, 5.41) is 9.15. The lowest BCUT2D eigenvalue weighted by molar-refractivity contribution is -0.136. The minimum atomic E-state index is -0.932. The fourth-order valence-corrected chi connectivity index (χ4v) is 1.99. The Kier molecular flexibility index (Phi) is 4.01. The standard InChI is InChI=1S/C11H13ClO4/c1-6-10(15-2)7(5-9(13)14)4-8(12)11(6)16-3/h4H,5H2,1-3H3,(H,13,14). The molecule has 0 amide bonds. The largest absolute Gasteiger partial charge is 0.496 e. The number of hydrogen-bond donors (Lipinski definition) is 1. The highest BCUT2D eigenvalue weighted by Gasteiger charge is 2.17. The van der Waals surface area contributed by atoms with E-state index in [2.05, 4.69) is 0 Å². The Hall–Kier alpha value is -1.42. The fourth-order valence-electron chi connectivity index (χ4n) is 1.64. The minimum absolute atomic E-state index is 0.131. The van der Waals surface area contributed by atoms with Crippen LogP contribution in [0.1, 0.15) is 11.1 Å². The number of aliphatic carboxylic acids is 1. The van der Waals surface area contributed by atoms with Crippen LogP contribution in [0, 0.1) is 6.92 Å². The fraction of sp³-hybridized carbons (Fsp3) is 0.364. The van der Waals surface area contributed by atoms with Gasteiger partial charge in [-0.3, -0.25) is 4.79 Å². The first-order chi connectivity index (χ1) is 7.51. The molecular formula is C11H13ClO4. The summed E-state index contributed by atoms with van der Waals surface area (Å²) >= 11 is 5.97. The van der Waals surface area contributed by atoms with Crippen molar-refractivity contribution in [2.75, 3.05) is 14.2 Å². The number of carbonyl (C=O) groups is 1. The molecule has 4 nitrogen and oxygen atoms in total. The van der Waals surface area contributed by atoms with Crippen molar-refractivity contribution >= 4 is 17.6 Å². The molecule has 0 atom stereocenters. The highest BCUT2D eigenvalue weighted by atomic mass is 35.5. The van der Waals surface area contributed by atoms with Gasteiger partial charge in [-0.1, -0.05) is 11.6 Å². The third-order valence-corrected chi connectivity index (χ3v) is 2.52. The van der Waals surface area contributed by atoms with Crippen molar-refractivity contribution in [3.8, 4) is 11.5 Å². The van der Waals surface area contributed by atoms with E-state index in [-0.39, 0.29) is 6.42 Å². The van der Waals surface area contributed by atoms with E-state index in [1.54, 1.807) is 13.0 Å². The van der Waals surface area contributed by atoms with Crippen molar-refractivity contribution in [3.05, 3.63) is 22.2 Å². The van der Waals surface area contributed by atoms with Gasteiger partial charge in [0.25, 0.3) is 0 Å². The van der Waals surface area contributed by atoms with Crippen molar-refractivity contribution in [2.45, 2.75) is 13.3 Å². The summed E-state index contributed by atoms with van der Waals surface area (Å²) in [6, 6.07) is 1.56. The van der Waals surface area contributed by atoms with Gasteiger partial charge in [-0.2, -0.15) is 0 Å². The van der Waals surface area contributed by atoms with Crippen LogP contribution in [-0.2, 0) is 11.2 Å². The highest BCUT2D eigenvalue weighted by molar-refractivity contribution is 6.32. The van der Waals surface area contributed by atoms with Crippen LogP contribution in [-0.4, -0.2) is 25.3 Å². The van der Waals surface area contributed by atoms with Gasteiger partial charge < -0.3 is 14.6 Å². The lowest BCUT2D eigenvalue weighted by Crippen LogP contribution is -2.04. The van der Waals surface area contributed by atoms with Crippen molar-refractivity contribution in [2.24, 2.45) is 0 Å². The Bertz CT molecular complexity index is 415. The van der Waals surface area contributed by atoms with Crippen LogP contribution in [0.3, 0.4) is 0 Å². The highest BCUT2D eigenvalue weighted by Crippen LogP contribution is 2.37. The molecule has 1 aromatic rings. The summed E-state index contributed by atoms with van der Waals surface area (Å²) in [4.78, 5) is 10.7. The molecule has 1 aromatic carbocycles. The van der Waals surface area contributed by atoms with E-state index in [1.165, 1.54) is 14.2 Å². The molecule has 0 saturated heterocycles. The summed E-state index contributed by atoms with van der Waals surface area (Å²) in [7, 11) is 2.99. The number of carboxylic acids is 1. The molecule has 16 heavy (non-hydrogen) atoms. The summed E-state index contributed by atoms with van der Waals surface area (Å²) in [5.41, 5.74) is 1.24. The smallest absolute Gasteiger partial charge is 0.307 e. The number of benzene rings is 1. The third-order valence-electron chi connectivity index (χ3n) is 2.24. The molecular weight excluding hydrogens is 232 g/mol. The molecule has 0 aromatic heterocycles. The summed E-state index contributed by atoms with van der Waals surface area (Å²) < 4.78 is 10.3. The van der Waals surface area contributed by atoms with Gasteiger partial charge in [-0.05, 0) is 13.0 Å². The van der Waals surface area contributed by atoms with Crippen LogP contribution in [0.4, 0.5) is 0 Å². The van der Waals surface area contributed by atoms with Crippen LogP contribution in [0.5, 0.6) is 11.5 Å². The number of ether oxygens (including phenoxy) is 2. The lowest BCUT2D eigenvalue weighted by atomic mass is 10.1. The summed E-state index contributed by atoms with van der Waals surface area (Å²) in [5.74, 6) is 0.0789. The van der Waals surface area contributed by atoms with Crippen molar-refractivity contribution in [3.63, 3.8) is 0 Å². The Labute approximate surface area is 98.7 Å². The normalized spacial score (nSPS) is 10.0. The molecule has 0 spiro atoms. The molecule has 1 N–H and O–H groups in total. The topological polar surface area (TPSA) is 55.8 Å². The van der Waals surface area contributed by atoms with Gasteiger partial charge in [0.05, 0.1) is 25.7 Å². The predicted molar refractivity (Wildman–Crippen MR) is 60.6 cm³/mol. The minimum Gasteiger partial charge on any atom is -0.496 e. The maximum Gasteiger partial charge on any atom is 0.307 e. The summed E-state index contributed by atoms with van der Waals surface area (Å²) in [6.07, 6.45) is -0.131. The molecule has 0 bridgehead atoms. The predicted octanol–water partition coefficient (Wildman–Crippen LogP) is 2.29. The molecule has 0 aliphatic rings. The summed E-state index contributed by atoms with van der Waals surface area (Å²) in [6.45, 7) is 1.77. The van der Waals surface area contributed by atoms with Crippen LogP contribution < -0.4 is 9.47 Å². The molecule has 0 saturated carbocycles. The molecule has 5 heteroatoms. The first-order valence-corrected chi connectivity index (χ1v) is 5.00. The van der Waals surface area contributed by atoms with E-state index >= 15 is 0 Å². The second-order valence-corrected chi connectivity index (χ2v) is 3.69. The van der Waals surface area contributed by atoms with Crippen LogP contribution >= 0.6 is 11.6 Å². The van der Waals surface area contributed by atoms with Gasteiger partial charge in [0.15, 0.2) is 0 Å². The molecule has 0 radical (unpaired) electrons. The maximum atomic E-state index is 10.7. The average molecular weight is 245 g/mol. The number of carboxylic acid groups (broad SMARTS) is 1. The molecule has 0 unspecified atom stereocenters. The number of rotatable bonds is 4. The Balaban J connectivity index is 3.34. The molecule has 1 rings (SSSR count). The maximum absolute atomic E-state index is 10.7. The zero-order chi connectivity index (χ0) is 12.3. The van der Waals surface area contributed by atoms with Gasteiger partial charge in [0.1, 0.15) is 11.5 Å². The molecule has 0 aliphatic heterocycles. The Morgan fingerprint density at radius 1 is 1.38 bits per heavy atom. The van der Waals surface area contributed by atoms with Gasteiger partial charge >= 0.3 is 5.97 Å². The number of halogens is 1. The first-order valence-electron chi connectivity index (χ1n) is 4.63. The average Bonchev–Trinajstić information content (AvgIpc) is 2.17.